The van der Waals surface area contributed by atoms with E-state index in [4.69, 9.17) is 9.47 Å². The van der Waals surface area contributed by atoms with Gasteiger partial charge in [-0.3, -0.25) is 9.59 Å². The molecule has 1 saturated heterocycles. The minimum absolute atomic E-state index is 0.344. The maximum absolute atomic E-state index is 11.3. The van der Waals surface area contributed by atoms with Crippen LogP contribution in [0.2, 0.25) is 0 Å². The summed E-state index contributed by atoms with van der Waals surface area (Å²) in [6, 6.07) is 5.11. The standard InChI is InChI=1S/C15H19NO7/c1-8(19)16-12-14(21)13(20)11(7-18)23-15(12)22-10-4-2-9(6-17)3-5-10/h2-6,11-15,18,20-21H,7H2,1H3,(H,16,19). The van der Waals surface area contributed by atoms with Crippen molar-refractivity contribution < 1.29 is 34.4 Å². The van der Waals surface area contributed by atoms with Crippen molar-refractivity contribution >= 4 is 12.2 Å². The Kier molecular flexibility index (Phi) is 5.67. The Balaban J connectivity index is 2.19. The van der Waals surface area contributed by atoms with Gasteiger partial charge in [-0.25, -0.2) is 0 Å². The highest BCUT2D eigenvalue weighted by atomic mass is 16.7. The fourth-order valence-electron chi connectivity index (χ4n) is 2.33. The van der Waals surface area contributed by atoms with Crippen LogP contribution in [-0.4, -0.2) is 64.8 Å². The number of benzene rings is 1. The van der Waals surface area contributed by atoms with Crippen LogP contribution in [0.3, 0.4) is 0 Å². The molecule has 1 aromatic rings. The van der Waals surface area contributed by atoms with Crippen LogP contribution in [0.4, 0.5) is 0 Å². The van der Waals surface area contributed by atoms with E-state index in [0.29, 0.717) is 17.6 Å². The summed E-state index contributed by atoms with van der Waals surface area (Å²) in [7, 11) is 0. The molecule has 0 bridgehead atoms. The second-order valence-corrected chi connectivity index (χ2v) is 5.24. The fraction of sp³-hybridized carbons (Fsp3) is 0.467. The van der Waals surface area contributed by atoms with Crippen LogP contribution >= 0.6 is 0 Å². The van der Waals surface area contributed by atoms with Crippen molar-refractivity contribution in [3.05, 3.63) is 29.8 Å². The lowest BCUT2D eigenvalue weighted by molar-refractivity contribution is -0.244. The van der Waals surface area contributed by atoms with Gasteiger partial charge in [0, 0.05) is 12.5 Å². The zero-order chi connectivity index (χ0) is 17.0. The molecule has 1 aromatic carbocycles. The van der Waals surface area contributed by atoms with E-state index in [2.05, 4.69) is 5.32 Å². The first-order valence-corrected chi connectivity index (χ1v) is 7.07. The summed E-state index contributed by atoms with van der Waals surface area (Å²) in [6.45, 7) is 0.738. The first-order valence-electron chi connectivity index (χ1n) is 7.07. The summed E-state index contributed by atoms with van der Waals surface area (Å²) < 4.78 is 11.0. The molecule has 23 heavy (non-hydrogen) atoms. The molecule has 1 aliphatic heterocycles. The number of carbonyl (C=O) groups excluding carboxylic acids is 2. The molecule has 0 aromatic heterocycles. The zero-order valence-electron chi connectivity index (χ0n) is 12.5. The van der Waals surface area contributed by atoms with Crippen molar-refractivity contribution in [1.29, 1.82) is 0 Å². The lowest BCUT2D eigenvalue weighted by Crippen LogP contribution is -2.65. The van der Waals surface area contributed by atoms with Gasteiger partial charge in [0.1, 0.15) is 36.4 Å². The number of rotatable bonds is 5. The molecule has 8 heteroatoms. The third-order valence-corrected chi connectivity index (χ3v) is 3.52. The Bertz CT molecular complexity index is 547. The molecular formula is C15H19NO7. The molecule has 2 rings (SSSR count). The molecule has 4 N–H and O–H groups in total. The first-order chi connectivity index (χ1) is 11.0. The molecule has 1 fully saturated rings. The van der Waals surface area contributed by atoms with Crippen LogP contribution in [0.1, 0.15) is 17.3 Å². The fourth-order valence-corrected chi connectivity index (χ4v) is 2.33. The number of amides is 1. The third-order valence-electron chi connectivity index (χ3n) is 3.52. The molecule has 0 saturated carbocycles. The number of aliphatic hydroxyl groups excluding tert-OH is 3. The summed E-state index contributed by atoms with van der Waals surface area (Å²) in [5.41, 5.74) is 0.462. The molecule has 0 spiro atoms. The summed E-state index contributed by atoms with van der Waals surface area (Å²) in [4.78, 5) is 21.9. The van der Waals surface area contributed by atoms with E-state index in [1.165, 1.54) is 31.2 Å². The number of hydrogen-bond donors (Lipinski definition) is 4. The van der Waals surface area contributed by atoms with Gasteiger partial charge >= 0.3 is 0 Å². The molecule has 1 heterocycles. The molecule has 126 valence electrons. The van der Waals surface area contributed by atoms with Crippen LogP contribution < -0.4 is 10.1 Å². The highest BCUT2D eigenvalue weighted by molar-refractivity contribution is 5.75. The number of ether oxygens (including phenoxy) is 2. The Hall–Kier alpha value is -2.00. The van der Waals surface area contributed by atoms with E-state index in [-0.39, 0.29) is 0 Å². The smallest absolute Gasteiger partial charge is 0.223 e. The molecule has 5 atom stereocenters. The third kappa shape index (κ3) is 4.05. The minimum Gasteiger partial charge on any atom is -0.463 e. The second-order valence-electron chi connectivity index (χ2n) is 5.24. The average Bonchev–Trinajstić information content (AvgIpc) is 2.54. The van der Waals surface area contributed by atoms with Crippen LogP contribution in [0, 0.1) is 0 Å². The van der Waals surface area contributed by atoms with E-state index in [1.54, 1.807) is 0 Å². The van der Waals surface area contributed by atoms with Gasteiger partial charge in [-0.2, -0.15) is 0 Å². The predicted octanol–water partition coefficient (Wildman–Crippen LogP) is -1.18. The van der Waals surface area contributed by atoms with Crippen molar-refractivity contribution in [2.75, 3.05) is 6.61 Å². The maximum atomic E-state index is 11.3. The van der Waals surface area contributed by atoms with Crippen molar-refractivity contribution in [2.24, 2.45) is 0 Å². The van der Waals surface area contributed by atoms with Gasteiger partial charge in [0.15, 0.2) is 0 Å². The number of nitrogens with one attached hydrogen (secondary N) is 1. The second kappa shape index (κ2) is 7.51. The molecule has 1 amide bonds. The van der Waals surface area contributed by atoms with Gasteiger partial charge in [0.25, 0.3) is 0 Å². The van der Waals surface area contributed by atoms with Gasteiger partial charge < -0.3 is 30.1 Å². The van der Waals surface area contributed by atoms with E-state index < -0.39 is 43.2 Å². The highest BCUT2D eigenvalue weighted by Crippen LogP contribution is 2.24. The van der Waals surface area contributed by atoms with Crippen molar-refractivity contribution in [3.63, 3.8) is 0 Å². The van der Waals surface area contributed by atoms with Crippen LogP contribution in [-0.2, 0) is 9.53 Å². The molecule has 0 aliphatic carbocycles. The van der Waals surface area contributed by atoms with Crippen molar-refractivity contribution in [1.82, 2.24) is 5.32 Å². The largest absolute Gasteiger partial charge is 0.463 e. The van der Waals surface area contributed by atoms with E-state index >= 15 is 0 Å². The van der Waals surface area contributed by atoms with Crippen LogP contribution in [0.25, 0.3) is 0 Å². The van der Waals surface area contributed by atoms with Gasteiger partial charge in [-0.1, -0.05) is 0 Å². The Morgan fingerprint density at radius 1 is 1.30 bits per heavy atom. The van der Waals surface area contributed by atoms with E-state index in [9.17, 15) is 24.9 Å². The summed E-state index contributed by atoms with van der Waals surface area (Å²) >= 11 is 0. The number of hydrogen-bond acceptors (Lipinski definition) is 7. The number of carbonyl (C=O) groups is 2. The lowest BCUT2D eigenvalue weighted by atomic mass is 9.97. The topological polar surface area (TPSA) is 125 Å². The number of aldehydes is 1. The van der Waals surface area contributed by atoms with Crippen LogP contribution in [0.15, 0.2) is 24.3 Å². The Morgan fingerprint density at radius 2 is 1.96 bits per heavy atom. The Morgan fingerprint density at radius 3 is 2.48 bits per heavy atom. The van der Waals surface area contributed by atoms with Gasteiger partial charge in [-0.05, 0) is 24.3 Å². The zero-order valence-corrected chi connectivity index (χ0v) is 12.5. The summed E-state index contributed by atoms with van der Waals surface area (Å²) in [6.07, 6.45) is -4.22. The monoisotopic (exact) mass is 325 g/mol. The minimum atomic E-state index is -1.37. The Labute approximate surface area is 132 Å². The molecule has 5 unspecified atom stereocenters. The first kappa shape index (κ1) is 17.4. The molecule has 0 radical (unpaired) electrons. The normalized spacial score (nSPS) is 30.5. The van der Waals surface area contributed by atoms with Gasteiger partial charge in [0.05, 0.1) is 6.61 Å². The molecule has 1 aliphatic rings. The summed E-state index contributed by atoms with van der Waals surface area (Å²) in [5.74, 6) is -0.0894. The average molecular weight is 325 g/mol. The molecule has 8 nitrogen and oxygen atoms in total. The van der Waals surface area contributed by atoms with Crippen molar-refractivity contribution in [2.45, 2.75) is 37.6 Å². The number of aliphatic hydroxyl groups is 3. The van der Waals surface area contributed by atoms with E-state index in [1.807, 2.05) is 0 Å². The highest BCUT2D eigenvalue weighted by Gasteiger charge is 2.46. The van der Waals surface area contributed by atoms with Crippen LogP contribution in [0.5, 0.6) is 5.75 Å². The SMILES string of the molecule is CC(=O)NC1C(Oc2ccc(C=O)cc2)OC(CO)C(O)C1O. The van der Waals surface area contributed by atoms with Gasteiger partial charge in [0.2, 0.25) is 12.2 Å². The van der Waals surface area contributed by atoms with E-state index in [0.717, 1.165) is 0 Å². The quantitative estimate of drug-likeness (QED) is 0.502. The van der Waals surface area contributed by atoms with Crippen molar-refractivity contribution in [3.8, 4) is 5.75 Å². The predicted molar refractivity (Wildman–Crippen MR) is 77.8 cm³/mol. The molecular weight excluding hydrogens is 306 g/mol. The van der Waals surface area contributed by atoms with Gasteiger partial charge in [-0.15, -0.1) is 0 Å². The summed E-state index contributed by atoms with van der Waals surface area (Å²) in [5, 5.41) is 31.7. The maximum Gasteiger partial charge on any atom is 0.223 e. The lowest BCUT2D eigenvalue weighted by Gasteiger charge is -2.42.